The lowest BCUT2D eigenvalue weighted by atomic mass is 10.2. The van der Waals surface area contributed by atoms with E-state index in [1.807, 2.05) is 73.7 Å². The average Bonchev–Trinajstić information content (AvgIpc) is 2.78. The average molecular weight is 439 g/mol. The lowest BCUT2D eigenvalue weighted by molar-refractivity contribution is -0.120. The molecule has 0 aliphatic heterocycles. The van der Waals surface area contributed by atoms with Gasteiger partial charge < -0.3 is 4.74 Å². The van der Waals surface area contributed by atoms with Gasteiger partial charge in [-0.25, -0.2) is 5.43 Å². The first-order valence-corrected chi connectivity index (χ1v) is 11.0. The van der Waals surface area contributed by atoms with Crippen LogP contribution >= 0.6 is 23.4 Å². The minimum Gasteiger partial charge on any atom is -0.489 e. The first-order chi connectivity index (χ1) is 14.6. The van der Waals surface area contributed by atoms with E-state index < -0.39 is 0 Å². The Morgan fingerprint density at radius 2 is 1.77 bits per heavy atom. The quantitative estimate of drug-likeness (QED) is 0.345. The first kappa shape index (κ1) is 21.9. The SMILES string of the molecule is C[C@H](SCc1ccccc1)C(=O)N/N=C\c1ccc(OCc2ccccc2Cl)cc1. The fourth-order valence-corrected chi connectivity index (χ4v) is 3.59. The molecule has 3 rings (SSSR count). The molecule has 0 aliphatic rings. The van der Waals surface area contributed by atoms with Crippen molar-refractivity contribution in [3.05, 3.63) is 101 Å². The molecule has 0 spiro atoms. The van der Waals surface area contributed by atoms with Crippen molar-refractivity contribution in [2.24, 2.45) is 5.10 Å². The molecule has 1 N–H and O–H groups in total. The van der Waals surface area contributed by atoms with Crippen LogP contribution in [0.3, 0.4) is 0 Å². The number of benzene rings is 3. The summed E-state index contributed by atoms with van der Waals surface area (Å²) in [6.45, 7) is 2.28. The number of nitrogens with one attached hydrogen (secondary N) is 1. The van der Waals surface area contributed by atoms with Gasteiger partial charge in [0, 0.05) is 16.3 Å². The number of amides is 1. The van der Waals surface area contributed by atoms with Gasteiger partial charge in [-0.15, -0.1) is 11.8 Å². The summed E-state index contributed by atoms with van der Waals surface area (Å²) in [5, 5.41) is 4.55. The van der Waals surface area contributed by atoms with Crippen LogP contribution in [0.1, 0.15) is 23.6 Å². The summed E-state index contributed by atoms with van der Waals surface area (Å²) >= 11 is 7.72. The maximum Gasteiger partial charge on any atom is 0.252 e. The zero-order valence-corrected chi connectivity index (χ0v) is 18.2. The van der Waals surface area contributed by atoms with Gasteiger partial charge in [0.1, 0.15) is 12.4 Å². The van der Waals surface area contributed by atoms with Gasteiger partial charge in [-0.2, -0.15) is 5.10 Å². The third kappa shape index (κ3) is 6.94. The number of carbonyl (C=O) groups is 1. The zero-order valence-electron chi connectivity index (χ0n) is 16.6. The van der Waals surface area contributed by atoms with Gasteiger partial charge in [0.05, 0.1) is 11.5 Å². The molecule has 0 aliphatic carbocycles. The number of hydrazone groups is 1. The fourth-order valence-electron chi connectivity index (χ4n) is 2.56. The van der Waals surface area contributed by atoms with Crippen molar-refractivity contribution < 1.29 is 9.53 Å². The molecular formula is C24H23ClN2O2S. The van der Waals surface area contributed by atoms with Gasteiger partial charge in [-0.05, 0) is 48.4 Å². The number of halogens is 1. The highest BCUT2D eigenvalue weighted by Crippen LogP contribution is 2.19. The van der Waals surface area contributed by atoms with Gasteiger partial charge in [0.25, 0.3) is 5.91 Å². The number of ether oxygens (including phenoxy) is 1. The number of hydrogen-bond donors (Lipinski definition) is 1. The molecule has 6 heteroatoms. The molecule has 0 bridgehead atoms. The summed E-state index contributed by atoms with van der Waals surface area (Å²) in [5.41, 5.74) is 5.60. The van der Waals surface area contributed by atoms with E-state index in [-0.39, 0.29) is 11.2 Å². The Labute approximate surface area is 186 Å². The predicted octanol–water partition coefficient (Wildman–Crippen LogP) is 5.69. The standard InChI is InChI=1S/C24H23ClN2O2S/c1-18(30-17-20-7-3-2-4-8-20)24(28)27-26-15-19-11-13-22(14-12-19)29-16-21-9-5-6-10-23(21)25/h2-15,18H,16-17H2,1H3,(H,27,28)/b26-15-/t18-/m0/s1. The Kier molecular flexibility index (Phi) is 8.36. The van der Waals surface area contributed by atoms with Crippen molar-refractivity contribution >= 4 is 35.5 Å². The van der Waals surface area contributed by atoms with E-state index in [0.717, 1.165) is 22.6 Å². The third-order valence-corrected chi connectivity index (χ3v) is 5.92. The van der Waals surface area contributed by atoms with Crippen LogP contribution in [0.25, 0.3) is 0 Å². The molecule has 4 nitrogen and oxygen atoms in total. The lowest BCUT2D eigenvalue weighted by Crippen LogP contribution is -2.26. The predicted molar refractivity (Wildman–Crippen MR) is 125 cm³/mol. The van der Waals surface area contributed by atoms with Gasteiger partial charge in [0.15, 0.2) is 0 Å². The van der Waals surface area contributed by atoms with E-state index in [1.165, 1.54) is 5.56 Å². The zero-order chi connectivity index (χ0) is 21.2. The van der Waals surface area contributed by atoms with Crippen LogP contribution in [-0.2, 0) is 17.2 Å². The van der Waals surface area contributed by atoms with Gasteiger partial charge in [0.2, 0.25) is 0 Å². The highest BCUT2D eigenvalue weighted by atomic mass is 35.5. The highest BCUT2D eigenvalue weighted by molar-refractivity contribution is 7.99. The Hall–Kier alpha value is -2.76. The molecular weight excluding hydrogens is 416 g/mol. The summed E-state index contributed by atoms with van der Waals surface area (Å²) in [6.07, 6.45) is 1.62. The van der Waals surface area contributed by atoms with E-state index in [4.69, 9.17) is 16.3 Å². The maximum absolute atomic E-state index is 12.2. The number of carbonyl (C=O) groups excluding carboxylic acids is 1. The Morgan fingerprint density at radius 3 is 2.50 bits per heavy atom. The minimum atomic E-state index is -0.192. The van der Waals surface area contributed by atoms with Gasteiger partial charge in [-0.1, -0.05) is 60.1 Å². The van der Waals surface area contributed by atoms with Gasteiger partial charge >= 0.3 is 0 Å². The molecule has 0 saturated heterocycles. The van der Waals surface area contributed by atoms with Crippen molar-refractivity contribution in [3.63, 3.8) is 0 Å². The van der Waals surface area contributed by atoms with Crippen LogP contribution in [0.15, 0.2) is 84.0 Å². The van der Waals surface area contributed by atoms with Crippen LogP contribution in [0.5, 0.6) is 5.75 Å². The molecule has 0 heterocycles. The number of nitrogens with zero attached hydrogens (tertiary/aromatic N) is 1. The number of hydrogen-bond acceptors (Lipinski definition) is 4. The number of rotatable bonds is 9. The van der Waals surface area contributed by atoms with E-state index in [2.05, 4.69) is 22.7 Å². The lowest BCUT2D eigenvalue weighted by Gasteiger charge is -2.09. The van der Waals surface area contributed by atoms with Crippen molar-refractivity contribution in [3.8, 4) is 5.75 Å². The van der Waals surface area contributed by atoms with Crippen LogP contribution in [0.4, 0.5) is 0 Å². The molecule has 0 radical (unpaired) electrons. The van der Waals surface area contributed by atoms with E-state index in [1.54, 1.807) is 18.0 Å². The molecule has 3 aromatic rings. The first-order valence-electron chi connectivity index (χ1n) is 9.56. The second-order valence-corrected chi connectivity index (χ2v) is 8.36. The Morgan fingerprint density at radius 1 is 1.07 bits per heavy atom. The van der Waals surface area contributed by atoms with Crippen LogP contribution in [0.2, 0.25) is 5.02 Å². The van der Waals surface area contributed by atoms with E-state index in [9.17, 15) is 4.79 Å². The second-order valence-electron chi connectivity index (χ2n) is 6.62. The van der Waals surface area contributed by atoms with Crippen molar-refractivity contribution in [2.75, 3.05) is 0 Å². The molecule has 0 aromatic heterocycles. The second kappa shape index (κ2) is 11.4. The maximum atomic E-state index is 12.2. The van der Waals surface area contributed by atoms with Crippen LogP contribution in [-0.4, -0.2) is 17.4 Å². The molecule has 154 valence electrons. The van der Waals surface area contributed by atoms with Crippen molar-refractivity contribution in [2.45, 2.75) is 24.5 Å². The molecule has 0 saturated carbocycles. The molecule has 30 heavy (non-hydrogen) atoms. The fraction of sp³-hybridized carbons (Fsp3) is 0.167. The Bertz CT molecular complexity index is 978. The summed E-state index contributed by atoms with van der Waals surface area (Å²) in [5.74, 6) is 1.41. The largest absolute Gasteiger partial charge is 0.489 e. The molecule has 1 amide bonds. The molecule has 1 atom stereocenters. The molecule has 3 aromatic carbocycles. The summed E-state index contributed by atoms with van der Waals surface area (Å²) in [6, 6.07) is 25.2. The summed E-state index contributed by atoms with van der Waals surface area (Å²) in [7, 11) is 0. The normalized spacial score (nSPS) is 11.9. The van der Waals surface area contributed by atoms with Crippen molar-refractivity contribution in [1.29, 1.82) is 0 Å². The Balaban J connectivity index is 1.43. The van der Waals surface area contributed by atoms with Crippen LogP contribution < -0.4 is 10.2 Å². The highest BCUT2D eigenvalue weighted by Gasteiger charge is 2.12. The van der Waals surface area contributed by atoms with Gasteiger partial charge in [-0.3, -0.25) is 4.79 Å². The summed E-state index contributed by atoms with van der Waals surface area (Å²) in [4.78, 5) is 12.2. The monoisotopic (exact) mass is 438 g/mol. The molecule has 0 fully saturated rings. The van der Waals surface area contributed by atoms with Crippen LogP contribution in [0, 0.1) is 0 Å². The smallest absolute Gasteiger partial charge is 0.252 e. The molecule has 0 unspecified atom stereocenters. The number of thioether (sulfide) groups is 1. The van der Waals surface area contributed by atoms with Crippen molar-refractivity contribution in [1.82, 2.24) is 5.43 Å². The summed E-state index contributed by atoms with van der Waals surface area (Å²) < 4.78 is 5.76. The minimum absolute atomic E-state index is 0.119. The van der Waals surface area contributed by atoms with E-state index >= 15 is 0 Å². The van der Waals surface area contributed by atoms with E-state index in [0.29, 0.717) is 11.6 Å². The third-order valence-electron chi connectivity index (χ3n) is 4.33. The topological polar surface area (TPSA) is 50.7 Å².